The van der Waals surface area contributed by atoms with Crippen LogP contribution in [0, 0.1) is 17.2 Å². The molecule has 0 heterocycles. The Morgan fingerprint density at radius 1 is 1.21 bits per heavy atom. The largest absolute Gasteiger partial charge is 0.299 e. The van der Waals surface area contributed by atoms with Gasteiger partial charge in [-0.3, -0.25) is 4.90 Å². The lowest BCUT2D eigenvalue weighted by Crippen LogP contribution is -2.34. The highest BCUT2D eigenvalue weighted by atomic mass is 15.1. The van der Waals surface area contributed by atoms with E-state index >= 15 is 0 Å². The van der Waals surface area contributed by atoms with Gasteiger partial charge in [0.25, 0.3) is 0 Å². The number of rotatable bonds is 4. The van der Waals surface area contributed by atoms with Crippen LogP contribution in [0.25, 0.3) is 0 Å². The van der Waals surface area contributed by atoms with Crippen molar-refractivity contribution in [2.75, 3.05) is 7.05 Å². The molecule has 0 unspecified atom stereocenters. The average molecular weight is 256 g/mol. The van der Waals surface area contributed by atoms with Gasteiger partial charge in [0.2, 0.25) is 0 Å². The van der Waals surface area contributed by atoms with Gasteiger partial charge in [0.05, 0.1) is 11.6 Å². The van der Waals surface area contributed by atoms with Crippen LogP contribution in [-0.2, 0) is 6.54 Å². The molecule has 102 valence electrons. The molecule has 1 aromatic carbocycles. The lowest BCUT2D eigenvalue weighted by molar-refractivity contribution is 0.157. The Morgan fingerprint density at radius 3 is 2.53 bits per heavy atom. The number of hydrogen-bond acceptors (Lipinski definition) is 2. The minimum Gasteiger partial charge on any atom is -0.299 e. The lowest BCUT2D eigenvalue weighted by Gasteiger charge is -2.34. The number of nitrogens with zero attached hydrogens (tertiary/aromatic N) is 2. The predicted molar refractivity (Wildman–Crippen MR) is 78.7 cm³/mol. The van der Waals surface area contributed by atoms with E-state index < -0.39 is 0 Å². The maximum absolute atomic E-state index is 9.14. The SMILES string of the molecule is CCC1CCC(N(C)Cc2ccccc2C#N)CC1. The summed E-state index contributed by atoms with van der Waals surface area (Å²) in [6.45, 7) is 3.20. The van der Waals surface area contributed by atoms with Crippen LogP contribution in [0.3, 0.4) is 0 Å². The fourth-order valence-electron chi connectivity index (χ4n) is 3.16. The maximum Gasteiger partial charge on any atom is 0.0995 e. The van der Waals surface area contributed by atoms with Crippen molar-refractivity contribution in [3.63, 3.8) is 0 Å². The summed E-state index contributed by atoms with van der Waals surface area (Å²) in [5.74, 6) is 0.941. The van der Waals surface area contributed by atoms with Crippen LogP contribution in [0.5, 0.6) is 0 Å². The van der Waals surface area contributed by atoms with Crippen LogP contribution in [0.4, 0.5) is 0 Å². The third-order valence-corrected chi connectivity index (χ3v) is 4.57. The molecule has 2 nitrogen and oxygen atoms in total. The van der Waals surface area contributed by atoms with E-state index in [0.717, 1.165) is 23.6 Å². The summed E-state index contributed by atoms with van der Waals surface area (Å²) in [6.07, 6.45) is 6.68. The highest BCUT2D eigenvalue weighted by molar-refractivity contribution is 5.37. The fourth-order valence-corrected chi connectivity index (χ4v) is 3.16. The van der Waals surface area contributed by atoms with Gasteiger partial charge in [-0.2, -0.15) is 5.26 Å². The molecule has 1 aliphatic carbocycles. The summed E-state index contributed by atoms with van der Waals surface area (Å²) in [5.41, 5.74) is 1.97. The van der Waals surface area contributed by atoms with Crippen molar-refractivity contribution < 1.29 is 0 Å². The van der Waals surface area contributed by atoms with Crippen molar-refractivity contribution in [1.82, 2.24) is 4.90 Å². The molecule has 0 aromatic heterocycles. The van der Waals surface area contributed by atoms with Crippen molar-refractivity contribution in [3.8, 4) is 6.07 Å². The van der Waals surface area contributed by atoms with Crippen LogP contribution in [0.2, 0.25) is 0 Å². The zero-order chi connectivity index (χ0) is 13.7. The van der Waals surface area contributed by atoms with Crippen molar-refractivity contribution in [3.05, 3.63) is 35.4 Å². The van der Waals surface area contributed by atoms with Gasteiger partial charge in [0.1, 0.15) is 0 Å². The lowest BCUT2D eigenvalue weighted by atomic mass is 9.84. The molecular weight excluding hydrogens is 232 g/mol. The summed E-state index contributed by atoms with van der Waals surface area (Å²) < 4.78 is 0. The monoisotopic (exact) mass is 256 g/mol. The van der Waals surface area contributed by atoms with E-state index in [1.54, 1.807) is 0 Å². The van der Waals surface area contributed by atoms with Gasteiger partial charge in [-0.1, -0.05) is 31.5 Å². The molecule has 19 heavy (non-hydrogen) atoms. The average Bonchev–Trinajstić information content (AvgIpc) is 2.48. The highest BCUT2D eigenvalue weighted by Crippen LogP contribution is 2.29. The number of nitriles is 1. The molecule has 0 amide bonds. The summed E-state index contributed by atoms with van der Waals surface area (Å²) >= 11 is 0. The normalized spacial score (nSPS) is 23.3. The zero-order valence-electron chi connectivity index (χ0n) is 12.1. The van der Waals surface area contributed by atoms with Crippen molar-refractivity contribution in [2.24, 2.45) is 5.92 Å². The van der Waals surface area contributed by atoms with E-state index in [4.69, 9.17) is 5.26 Å². The van der Waals surface area contributed by atoms with E-state index in [1.807, 2.05) is 18.2 Å². The topological polar surface area (TPSA) is 27.0 Å². The Labute approximate surface area is 117 Å². The molecule has 0 N–H and O–H groups in total. The number of hydrogen-bond donors (Lipinski definition) is 0. The molecule has 0 aliphatic heterocycles. The second-order valence-electron chi connectivity index (χ2n) is 5.77. The minimum atomic E-state index is 0.689. The van der Waals surface area contributed by atoms with Gasteiger partial charge in [-0.05, 0) is 50.3 Å². The first-order valence-corrected chi connectivity index (χ1v) is 7.42. The second-order valence-corrected chi connectivity index (χ2v) is 5.77. The Kier molecular flexibility index (Phi) is 4.99. The third-order valence-electron chi connectivity index (χ3n) is 4.57. The molecule has 1 aromatic rings. The van der Waals surface area contributed by atoms with Crippen LogP contribution in [0.15, 0.2) is 24.3 Å². The van der Waals surface area contributed by atoms with E-state index in [2.05, 4.69) is 31.0 Å². The first kappa shape index (κ1) is 14.1. The second kappa shape index (κ2) is 6.73. The van der Waals surface area contributed by atoms with Crippen LogP contribution in [0.1, 0.15) is 50.2 Å². The molecule has 0 spiro atoms. The maximum atomic E-state index is 9.14. The van der Waals surface area contributed by atoms with Crippen LogP contribution >= 0.6 is 0 Å². The highest BCUT2D eigenvalue weighted by Gasteiger charge is 2.23. The van der Waals surface area contributed by atoms with Crippen molar-refractivity contribution >= 4 is 0 Å². The number of benzene rings is 1. The van der Waals surface area contributed by atoms with E-state index in [-0.39, 0.29) is 0 Å². The predicted octanol–water partition coefficient (Wildman–Crippen LogP) is 3.96. The molecule has 1 fully saturated rings. The first-order chi connectivity index (χ1) is 9.24. The molecule has 0 atom stereocenters. The zero-order valence-corrected chi connectivity index (χ0v) is 12.1. The Morgan fingerprint density at radius 2 is 1.89 bits per heavy atom. The third kappa shape index (κ3) is 3.58. The van der Waals surface area contributed by atoms with E-state index in [9.17, 15) is 0 Å². The molecule has 0 bridgehead atoms. The van der Waals surface area contributed by atoms with Gasteiger partial charge >= 0.3 is 0 Å². The molecule has 0 saturated heterocycles. The molecule has 1 saturated carbocycles. The van der Waals surface area contributed by atoms with Gasteiger partial charge in [0, 0.05) is 12.6 Å². The summed E-state index contributed by atoms with van der Waals surface area (Å²) in [5, 5.41) is 9.14. The van der Waals surface area contributed by atoms with Crippen molar-refractivity contribution in [2.45, 2.75) is 51.6 Å². The van der Waals surface area contributed by atoms with E-state index in [1.165, 1.54) is 32.1 Å². The smallest absolute Gasteiger partial charge is 0.0995 e. The summed E-state index contributed by atoms with van der Waals surface area (Å²) in [7, 11) is 2.20. The van der Waals surface area contributed by atoms with Gasteiger partial charge < -0.3 is 0 Å². The first-order valence-electron chi connectivity index (χ1n) is 7.42. The van der Waals surface area contributed by atoms with Crippen molar-refractivity contribution in [1.29, 1.82) is 5.26 Å². The summed E-state index contributed by atoms with van der Waals surface area (Å²) in [6, 6.07) is 10.9. The summed E-state index contributed by atoms with van der Waals surface area (Å²) in [4.78, 5) is 2.43. The Hall–Kier alpha value is -1.33. The molecular formula is C17H24N2. The van der Waals surface area contributed by atoms with Gasteiger partial charge in [-0.15, -0.1) is 0 Å². The van der Waals surface area contributed by atoms with Crippen LogP contribution in [-0.4, -0.2) is 18.0 Å². The minimum absolute atomic E-state index is 0.689. The molecule has 2 rings (SSSR count). The molecule has 2 heteroatoms. The van der Waals surface area contributed by atoms with E-state index in [0.29, 0.717) is 6.04 Å². The Bertz CT molecular complexity index is 439. The van der Waals surface area contributed by atoms with Gasteiger partial charge in [0.15, 0.2) is 0 Å². The molecule has 0 radical (unpaired) electrons. The fraction of sp³-hybridized carbons (Fsp3) is 0.588. The Balaban J connectivity index is 1.94. The quantitative estimate of drug-likeness (QED) is 0.815. The van der Waals surface area contributed by atoms with Crippen LogP contribution < -0.4 is 0 Å². The standard InChI is InChI=1S/C17H24N2/c1-3-14-8-10-17(11-9-14)19(2)13-16-7-5-4-6-15(16)12-18/h4-7,14,17H,3,8-11,13H2,1-2H3. The molecule has 1 aliphatic rings. The van der Waals surface area contributed by atoms with Gasteiger partial charge in [-0.25, -0.2) is 0 Å².